The average molecular weight is 227 g/mol. The minimum absolute atomic E-state index is 0.376. The van der Waals surface area contributed by atoms with Gasteiger partial charge in [-0.2, -0.15) is 0 Å². The van der Waals surface area contributed by atoms with Crippen LogP contribution in [0, 0.1) is 0 Å². The summed E-state index contributed by atoms with van der Waals surface area (Å²) in [6.45, 7) is 5.00. The minimum Gasteiger partial charge on any atom is -0.358 e. The Morgan fingerprint density at radius 1 is 1.53 bits per heavy atom. The van der Waals surface area contributed by atoms with Gasteiger partial charge < -0.3 is 11.1 Å². The number of hydrogen-bond acceptors (Lipinski definition) is 4. The van der Waals surface area contributed by atoms with Crippen LogP contribution in [-0.4, -0.2) is 17.6 Å². The second kappa shape index (κ2) is 6.80. The number of thiazole rings is 1. The highest BCUT2D eigenvalue weighted by molar-refractivity contribution is 7.13. The molecule has 0 radical (unpaired) electrons. The van der Waals surface area contributed by atoms with Crippen molar-refractivity contribution in [3.8, 4) is 0 Å². The number of anilines is 1. The third-order valence-corrected chi connectivity index (χ3v) is 3.25. The molecule has 0 aromatic carbocycles. The summed E-state index contributed by atoms with van der Waals surface area (Å²) in [4.78, 5) is 4.48. The lowest BCUT2D eigenvalue weighted by Gasteiger charge is -2.15. The summed E-state index contributed by atoms with van der Waals surface area (Å²) < 4.78 is 0. The first-order chi connectivity index (χ1) is 7.30. The molecule has 0 aliphatic heterocycles. The monoisotopic (exact) mass is 227 g/mol. The van der Waals surface area contributed by atoms with Crippen LogP contribution in [0.5, 0.6) is 0 Å². The number of nitrogens with one attached hydrogen (secondary N) is 1. The number of nitrogens with zero attached hydrogens (tertiary/aromatic N) is 1. The molecule has 4 heteroatoms. The molecule has 1 heterocycles. The lowest BCUT2D eigenvalue weighted by Crippen LogP contribution is -2.28. The van der Waals surface area contributed by atoms with Crippen molar-refractivity contribution < 1.29 is 0 Å². The van der Waals surface area contributed by atoms with Crippen LogP contribution in [-0.2, 0) is 6.42 Å². The highest BCUT2D eigenvalue weighted by Crippen LogP contribution is 2.17. The molecule has 0 spiro atoms. The molecule has 0 saturated heterocycles. The second-order valence-corrected chi connectivity index (χ2v) is 4.57. The predicted molar refractivity (Wildman–Crippen MR) is 67.5 cm³/mol. The fourth-order valence-corrected chi connectivity index (χ4v) is 2.28. The standard InChI is InChI=1S/C11H21N3S/c1-3-5-6-10(7-12)14-11-13-9(4-2)8-15-11/h8,10H,3-7,12H2,1-2H3,(H,13,14). The summed E-state index contributed by atoms with van der Waals surface area (Å²) in [6.07, 6.45) is 4.58. The SMILES string of the molecule is CCCCC(CN)Nc1nc(CC)cs1. The topological polar surface area (TPSA) is 50.9 Å². The third-order valence-electron chi connectivity index (χ3n) is 2.43. The Morgan fingerprint density at radius 2 is 2.33 bits per heavy atom. The van der Waals surface area contributed by atoms with Gasteiger partial charge >= 0.3 is 0 Å². The van der Waals surface area contributed by atoms with Gasteiger partial charge in [-0.15, -0.1) is 11.3 Å². The van der Waals surface area contributed by atoms with E-state index in [0.29, 0.717) is 12.6 Å². The molecule has 0 bridgehead atoms. The van der Waals surface area contributed by atoms with Crippen molar-refractivity contribution in [2.24, 2.45) is 5.73 Å². The van der Waals surface area contributed by atoms with E-state index in [0.717, 1.165) is 23.7 Å². The maximum Gasteiger partial charge on any atom is 0.183 e. The molecule has 1 aromatic rings. The van der Waals surface area contributed by atoms with Crippen molar-refractivity contribution in [2.75, 3.05) is 11.9 Å². The van der Waals surface area contributed by atoms with E-state index in [1.54, 1.807) is 11.3 Å². The zero-order valence-corrected chi connectivity index (χ0v) is 10.4. The molecule has 1 unspecified atom stereocenters. The fraction of sp³-hybridized carbons (Fsp3) is 0.727. The van der Waals surface area contributed by atoms with Crippen LogP contribution in [0.25, 0.3) is 0 Å². The Kier molecular flexibility index (Phi) is 5.65. The molecule has 3 nitrogen and oxygen atoms in total. The van der Waals surface area contributed by atoms with Crippen molar-refractivity contribution in [3.05, 3.63) is 11.1 Å². The smallest absolute Gasteiger partial charge is 0.183 e. The average Bonchev–Trinajstić information content (AvgIpc) is 2.71. The molecule has 1 atom stereocenters. The number of aromatic nitrogens is 1. The normalized spacial score (nSPS) is 12.7. The maximum absolute atomic E-state index is 5.72. The Morgan fingerprint density at radius 3 is 2.87 bits per heavy atom. The maximum atomic E-state index is 5.72. The van der Waals surface area contributed by atoms with Crippen LogP contribution in [0.2, 0.25) is 0 Å². The molecule has 0 saturated carbocycles. The Bertz CT molecular complexity index is 273. The van der Waals surface area contributed by atoms with Gasteiger partial charge in [-0.05, 0) is 12.8 Å². The van der Waals surface area contributed by atoms with Gasteiger partial charge in [0.2, 0.25) is 0 Å². The van der Waals surface area contributed by atoms with Gasteiger partial charge in [0.25, 0.3) is 0 Å². The molecule has 0 fully saturated rings. The molecular weight excluding hydrogens is 206 g/mol. The number of hydrogen-bond donors (Lipinski definition) is 2. The van der Waals surface area contributed by atoms with Gasteiger partial charge in [-0.3, -0.25) is 0 Å². The molecular formula is C11H21N3S. The highest BCUT2D eigenvalue weighted by Gasteiger charge is 2.08. The lowest BCUT2D eigenvalue weighted by atomic mass is 10.1. The van der Waals surface area contributed by atoms with Gasteiger partial charge in [-0.25, -0.2) is 4.98 Å². The van der Waals surface area contributed by atoms with Crippen LogP contribution in [0.15, 0.2) is 5.38 Å². The van der Waals surface area contributed by atoms with E-state index in [9.17, 15) is 0 Å². The first-order valence-corrected chi connectivity index (χ1v) is 6.59. The Labute approximate surface area is 96.1 Å². The summed E-state index contributed by atoms with van der Waals surface area (Å²) in [7, 11) is 0. The van der Waals surface area contributed by atoms with Crippen molar-refractivity contribution in [1.29, 1.82) is 0 Å². The highest BCUT2D eigenvalue weighted by atomic mass is 32.1. The van der Waals surface area contributed by atoms with Crippen molar-refractivity contribution in [3.63, 3.8) is 0 Å². The van der Waals surface area contributed by atoms with Gasteiger partial charge in [0, 0.05) is 18.0 Å². The van der Waals surface area contributed by atoms with Crippen LogP contribution < -0.4 is 11.1 Å². The van der Waals surface area contributed by atoms with Gasteiger partial charge in [0.1, 0.15) is 0 Å². The van der Waals surface area contributed by atoms with Crippen LogP contribution in [0.1, 0.15) is 38.8 Å². The van der Waals surface area contributed by atoms with Crippen molar-refractivity contribution >= 4 is 16.5 Å². The van der Waals surface area contributed by atoms with Gasteiger partial charge in [0.05, 0.1) is 5.69 Å². The molecule has 0 aliphatic carbocycles. The van der Waals surface area contributed by atoms with E-state index in [1.807, 2.05) is 0 Å². The Hall–Kier alpha value is -0.610. The second-order valence-electron chi connectivity index (χ2n) is 3.72. The van der Waals surface area contributed by atoms with Gasteiger partial charge in [-0.1, -0.05) is 26.7 Å². The van der Waals surface area contributed by atoms with Crippen LogP contribution in [0.3, 0.4) is 0 Å². The first kappa shape index (κ1) is 12.5. The zero-order chi connectivity index (χ0) is 11.1. The molecule has 86 valence electrons. The molecule has 0 aliphatic rings. The number of nitrogens with two attached hydrogens (primary N) is 1. The summed E-state index contributed by atoms with van der Waals surface area (Å²) in [5.74, 6) is 0. The minimum atomic E-state index is 0.376. The number of rotatable bonds is 7. The molecule has 3 N–H and O–H groups in total. The fourth-order valence-electron chi connectivity index (χ4n) is 1.41. The zero-order valence-electron chi connectivity index (χ0n) is 9.62. The first-order valence-electron chi connectivity index (χ1n) is 5.71. The van der Waals surface area contributed by atoms with Crippen molar-refractivity contribution in [2.45, 2.75) is 45.6 Å². The number of unbranched alkanes of at least 4 members (excludes halogenated alkanes) is 1. The predicted octanol–water partition coefficient (Wildman–Crippen LogP) is 2.63. The summed E-state index contributed by atoms with van der Waals surface area (Å²) in [5, 5.41) is 6.52. The largest absolute Gasteiger partial charge is 0.358 e. The number of aryl methyl sites for hydroxylation is 1. The van der Waals surface area contributed by atoms with Crippen LogP contribution >= 0.6 is 11.3 Å². The molecule has 0 amide bonds. The molecule has 1 aromatic heterocycles. The summed E-state index contributed by atoms with van der Waals surface area (Å²) in [6, 6.07) is 0.376. The van der Waals surface area contributed by atoms with E-state index >= 15 is 0 Å². The lowest BCUT2D eigenvalue weighted by molar-refractivity contribution is 0.613. The van der Waals surface area contributed by atoms with E-state index in [-0.39, 0.29) is 0 Å². The van der Waals surface area contributed by atoms with E-state index < -0.39 is 0 Å². The van der Waals surface area contributed by atoms with E-state index in [1.165, 1.54) is 12.8 Å². The van der Waals surface area contributed by atoms with E-state index in [2.05, 4.69) is 29.5 Å². The van der Waals surface area contributed by atoms with Crippen molar-refractivity contribution in [1.82, 2.24) is 4.98 Å². The van der Waals surface area contributed by atoms with Crippen LogP contribution in [0.4, 0.5) is 5.13 Å². The van der Waals surface area contributed by atoms with E-state index in [4.69, 9.17) is 5.73 Å². The quantitative estimate of drug-likeness (QED) is 0.753. The molecule has 15 heavy (non-hydrogen) atoms. The summed E-state index contributed by atoms with van der Waals surface area (Å²) in [5.41, 5.74) is 6.88. The van der Waals surface area contributed by atoms with Gasteiger partial charge in [0.15, 0.2) is 5.13 Å². The molecule has 1 rings (SSSR count). The summed E-state index contributed by atoms with van der Waals surface area (Å²) >= 11 is 1.67. The Balaban J connectivity index is 2.43. The third kappa shape index (κ3) is 4.18.